The van der Waals surface area contributed by atoms with Crippen LogP contribution in [-0.4, -0.2) is 0 Å². The molecule has 3 heteroatoms. The third-order valence-corrected chi connectivity index (χ3v) is 1.70. The van der Waals surface area contributed by atoms with Gasteiger partial charge in [-0.05, 0) is 24.6 Å². The van der Waals surface area contributed by atoms with Crippen LogP contribution < -0.4 is 0 Å². The molecule has 0 N–H and O–H groups in total. The van der Waals surface area contributed by atoms with E-state index in [1.807, 2.05) is 0 Å². The van der Waals surface area contributed by atoms with Crippen molar-refractivity contribution >= 4 is 9.24 Å². The minimum Gasteiger partial charge on any atom is -0.207 e. The van der Waals surface area contributed by atoms with Crippen LogP contribution in [0.2, 0.25) is 0 Å². The molecule has 0 amide bonds. The van der Waals surface area contributed by atoms with E-state index < -0.39 is 11.7 Å². The number of hydrogen-bond donors (Lipinski definition) is 0. The maximum absolute atomic E-state index is 12.7. The van der Waals surface area contributed by atoms with E-state index in [9.17, 15) is 8.78 Å². The molecule has 0 fully saturated rings. The van der Waals surface area contributed by atoms with Gasteiger partial charge < -0.3 is 0 Å². The molecule has 1 unspecified atom stereocenters. The number of halogens is 2. The predicted octanol–water partition coefficient (Wildman–Crippen LogP) is 3.66. The van der Waals surface area contributed by atoms with Crippen LogP contribution in [0.25, 0.3) is 0 Å². The fourth-order valence-corrected chi connectivity index (χ4v) is 0.866. The summed E-state index contributed by atoms with van der Waals surface area (Å²) in [6, 6.07) is 0. The smallest absolute Gasteiger partial charge is 0.129 e. The van der Waals surface area contributed by atoms with Gasteiger partial charge in [-0.25, -0.2) is 8.78 Å². The summed E-state index contributed by atoms with van der Waals surface area (Å²) in [6.07, 6.45) is 2.41. The fourth-order valence-electron chi connectivity index (χ4n) is 0.498. The molecule has 0 spiro atoms. The van der Waals surface area contributed by atoms with Gasteiger partial charge in [0.25, 0.3) is 0 Å². The third kappa shape index (κ3) is 3.59. The largest absolute Gasteiger partial charge is 0.207 e. The SMILES string of the molecule is C=C/C(F)=C(P)\C=C(\C)C(=C)F. The first kappa shape index (κ1) is 11.2. The van der Waals surface area contributed by atoms with Crippen molar-refractivity contribution < 1.29 is 8.78 Å². The van der Waals surface area contributed by atoms with Crippen LogP contribution in [-0.2, 0) is 0 Å². The second-order valence-corrected chi connectivity index (χ2v) is 2.86. The van der Waals surface area contributed by atoms with Crippen LogP contribution in [0.15, 0.2) is 47.9 Å². The highest BCUT2D eigenvalue weighted by molar-refractivity contribution is 7.23. The van der Waals surface area contributed by atoms with E-state index in [1.54, 1.807) is 0 Å². The summed E-state index contributed by atoms with van der Waals surface area (Å²) in [5.41, 5.74) is 0.303. The van der Waals surface area contributed by atoms with Crippen LogP contribution in [0, 0.1) is 0 Å². The molecule has 1 atom stereocenters. The molecule has 0 saturated heterocycles. The lowest BCUT2D eigenvalue weighted by Gasteiger charge is -1.96. The van der Waals surface area contributed by atoms with Crippen molar-refractivity contribution in [2.75, 3.05) is 0 Å². The van der Waals surface area contributed by atoms with E-state index in [4.69, 9.17) is 0 Å². The first-order valence-corrected chi connectivity index (χ1v) is 3.87. The molecule has 0 aliphatic rings. The maximum Gasteiger partial charge on any atom is 0.129 e. The molecular formula is C9H11F2P. The van der Waals surface area contributed by atoms with E-state index in [0.717, 1.165) is 6.08 Å². The molecule has 0 saturated carbocycles. The summed E-state index contributed by atoms with van der Waals surface area (Å²) in [5.74, 6) is -1.05. The van der Waals surface area contributed by atoms with E-state index in [-0.39, 0.29) is 5.31 Å². The molecule has 0 radical (unpaired) electrons. The maximum atomic E-state index is 12.7. The summed E-state index contributed by atoms with van der Waals surface area (Å²) < 4.78 is 25.1. The van der Waals surface area contributed by atoms with Gasteiger partial charge in [-0.3, -0.25) is 0 Å². The zero-order valence-corrected chi connectivity index (χ0v) is 8.06. The first-order chi connectivity index (χ1) is 5.49. The van der Waals surface area contributed by atoms with Gasteiger partial charge in [-0.15, -0.1) is 9.24 Å². The van der Waals surface area contributed by atoms with E-state index >= 15 is 0 Å². The Hall–Kier alpha value is -0.750. The highest BCUT2D eigenvalue weighted by Gasteiger charge is 1.97. The zero-order valence-electron chi connectivity index (χ0n) is 6.90. The van der Waals surface area contributed by atoms with Crippen molar-refractivity contribution in [3.63, 3.8) is 0 Å². The quantitative estimate of drug-likeness (QED) is 0.468. The van der Waals surface area contributed by atoms with Crippen molar-refractivity contribution in [2.45, 2.75) is 6.92 Å². The molecule has 66 valence electrons. The Kier molecular flexibility index (Phi) is 4.68. The predicted molar refractivity (Wildman–Crippen MR) is 52.0 cm³/mol. The van der Waals surface area contributed by atoms with Crippen molar-refractivity contribution in [1.82, 2.24) is 0 Å². The Bertz CT molecular complexity index is 262. The monoisotopic (exact) mass is 188 g/mol. The Morgan fingerprint density at radius 2 is 1.92 bits per heavy atom. The Morgan fingerprint density at radius 1 is 1.42 bits per heavy atom. The first-order valence-electron chi connectivity index (χ1n) is 3.29. The summed E-state index contributed by atoms with van der Waals surface area (Å²) in [7, 11) is 2.16. The molecule has 0 nitrogen and oxygen atoms in total. The topological polar surface area (TPSA) is 0 Å². The van der Waals surface area contributed by atoms with E-state index in [1.165, 1.54) is 13.0 Å². The molecule has 0 aromatic heterocycles. The van der Waals surface area contributed by atoms with E-state index in [0.29, 0.717) is 5.57 Å². The van der Waals surface area contributed by atoms with Crippen LogP contribution in [0.4, 0.5) is 8.78 Å². The fraction of sp³-hybridized carbons (Fsp3) is 0.111. The van der Waals surface area contributed by atoms with E-state index in [2.05, 4.69) is 22.4 Å². The molecule has 0 aliphatic carbocycles. The lowest BCUT2D eigenvalue weighted by molar-refractivity contribution is 0.654. The average molecular weight is 188 g/mol. The highest BCUT2D eigenvalue weighted by atomic mass is 31.0. The molecule has 0 aromatic carbocycles. The van der Waals surface area contributed by atoms with Gasteiger partial charge in [-0.2, -0.15) is 0 Å². The van der Waals surface area contributed by atoms with Gasteiger partial charge >= 0.3 is 0 Å². The minimum absolute atomic E-state index is 0.265. The number of allylic oxidation sites excluding steroid dienone is 6. The molecular weight excluding hydrogens is 177 g/mol. The standard InChI is InChI=1S/C9H11F2P/c1-4-8(11)9(12)5-6(2)7(3)10/h4-5H,1,3,12H2,2H3/b6-5-,9-8-. The summed E-state index contributed by atoms with van der Waals surface area (Å²) >= 11 is 0. The molecule has 12 heavy (non-hydrogen) atoms. The number of hydrogen-bond acceptors (Lipinski definition) is 0. The second-order valence-electron chi connectivity index (χ2n) is 2.24. The van der Waals surface area contributed by atoms with Gasteiger partial charge in [0.2, 0.25) is 0 Å². The van der Waals surface area contributed by atoms with Gasteiger partial charge in [0.1, 0.15) is 11.7 Å². The normalized spacial score (nSPS) is 13.8. The van der Waals surface area contributed by atoms with Crippen molar-refractivity contribution in [2.24, 2.45) is 0 Å². The highest BCUT2D eigenvalue weighted by Crippen LogP contribution is 2.20. The third-order valence-electron chi connectivity index (χ3n) is 1.25. The molecule has 0 bridgehead atoms. The molecule has 0 aliphatic heterocycles. The molecule has 0 heterocycles. The summed E-state index contributed by atoms with van der Waals surface area (Å²) in [4.78, 5) is 0. The molecule has 0 aromatic rings. The van der Waals surface area contributed by atoms with Gasteiger partial charge in [0, 0.05) is 5.31 Å². The van der Waals surface area contributed by atoms with Gasteiger partial charge in [0.05, 0.1) is 0 Å². The number of rotatable bonds is 3. The second kappa shape index (κ2) is 5.00. The van der Waals surface area contributed by atoms with Gasteiger partial charge in [-0.1, -0.05) is 13.2 Å². The summed E-state index contributed by atoms with van der Waals surface area (Å²) in [6.45, 7) is 7.84. The van der Waals surface area contributed by atoms with Crippen LogP contribution >= 0.6 is 9.24 Å². The van der Waals surface area contributed by atoms with Crippen LogP contribution in [0.5, 0.6) is 0 Å². The van der Waals surface area contributed by atoms with Gasteiger partial charge in [0.15, 0.2) is 0 Å². The Balaban J connectivity index is 4.76. The zero-order chi connectivity index (χ0) is 9.72. The Morgan fingerprint density at radius 3 is 2.25 bits per heavy atom. The summed E-state index contributed by atoms with van der Waals surface area (Å²) in [5, 5.41) is 0.265. The lowest BCUT2D eigenvalue weighted by Crippen LogP contribution is -1.77. The van der Waals surface area contributed by atoms with Crippen molar-refractivity contribution in [3.05, 3.63) is 47.9 Å². The molecule has 0 rings (SSSR count). The average Bonchev–Trinajstić information content (AvgIpc) is 2.02. The van der Waals surface area contributed by atoms with Crippen molar-refractivity contribution in [1.29, 1.82) is 0 Å². The lowest BCUT2D eigenvalue weighted by atomic mass is 10.2. The van der Waals surface area contributed by atoms with Crippen molar-refractivity contribution in [3.8, 4) is 0 Å². The van der Waals surface area contributed by atoms with Crippen LogP contribution in [0.1, 0.15) is 6.92 Å². The van der Waals surface area contributed by atoms with Crippen LogP contribution in [0.3, 0.4) is 0 Å². The minimum atomic E-state index is -0.563. The Labute approximate surface area is 73.6 Å².